The summed E-state index contributed by atoms with van der Waals surface area (Å²) in [5, 5.41) is 20.9. The molecule has 6 nitrogen and oxygen atoms in total. The van der Waals surface area contributed by atoms with E-state index in [9.17, 15) is 15.0 Å². The Kier molecular flexibility index (Phi) is 7.50. The van der Waals surface area contributed by atoms with Crippen LogP contribution in [-0.4, -0.2) is 63.9 Å². The lowest BCUT2D eigenvalue weighted by molar-refractivity contribution is 0.0932. The fraction of sp³-hybridized carbons (Fsp3) is 0.346. The summed E-state index contributed by atoms with van der Waals surface area (Å²) >= 11 is 6.14. The molecule has 0 unspecified atom stereocenters. The van der Waals surface area contributed by atoms with Gasteiger partial charge in [0.1, 0.15) is 5.75 Å². The summed E-state index contributed by atoms with van der Waals surface area (Å²) in [6.07, 6.45) is 0. The highest BCUT2D eigenvalue weighted by molar-refractivity contribution is 6.30. The Labute approximate surface area is 199 Å². The second kappa shape index (κ2) is 10.5. The Morgan fingerprint density at radius 2 is 1.67 bits per heavy atom. The molecule has 33 heavy (non-hydrogen) atoms. The number of piperazine rings is 1. The Balaban J connectivity index is 1.77. The molecule has 1 atom stereocenters. The van der Waals surface area contributed by atoms with Gasteiger partial charge in [0.15, 0.2) is 0 Å². The molecule has 1 aliphatic heterocycles. The van der Waals surface area contributed by atoms with Gasteiger partial charge in [-0.1, -0.05) is 54.1 Å². The van der Waals surface area contributed by atoms with Gasteiger partial charge in [0.25, 0.3) is 5.56 Å². The molecule has 0 spiro atoms. The first kappa shape index (κ1) is 23.5. The number of halogens is 1. The number of aliphatic hydroxyl groups is 1. The standard InChI is InChI=1S/C26H30ClN3O3/c1-19-17-23(32)24(26(33)30(19)18-20-5-3-2-4-6-20)25(21-7-9-22(27)10-8-21)29-13-11-28(12-14-29)15-16-31/h2-10,17,25,31-32H,11-16,18H2,1H3/t25-/m0/s1. The van der Waals surface area contributed by atoms with Crippen LogP contribution in [0.2, 0.25) is 5.02 Å². The summed E-state index contributed by atoms with van der Waals surface area (Å²) in [7, 11) is 0. The third kappa shape index (κ3) is 5.31. The Morgan fingerprint density at radius 1 is 1.00 bits per heavy atom. The van der Waals surface area contributed by atoms with Crippen LogP contribution in [0.5, 0.6) is 5.75 Å². The zero-order valence-corrected chi connectivity index (χ0v) is 19.6. The first-order valence-corrected chi connectivity index (χ1v) is 11.7. The van der Waals surface area contributed by atoms with Crippen LogP contribution in [0.1, 0.15) is 28.4 Å². The average Bonchev–Trinajstić information content (AvgIpc) is 2.82. The van der Waals surface area contributed by atoms with Crippen LogP contribution < -0.4 is 5.56 Å². The number of aromatic hydroxyl groups is 1. The smallest absolute Gasteiger partial charge is 0.259 e. The van der Waals surface area contributed by atoms with Crippen LogP contribution >= 0.6 is 11.6 Å². The predicted octanol–water partition coefficient (Wildman–Crippen LogP) is 3.26. The van der Waals surface area contributed by atoms with Gasteiger partial charge in [-0.3, -0.25) is 14.6 Å². The number of benzene rings is 2. The van der Waals surface area contributed by atoms with Crippen molar-refractivity contribution < 1.29 is 10.2 Å². The molecule has 7 heteroatoms. The van der Waals surface area contributed by atoms with Gasteiger partial charge in [-0.25, -0.2) is 0 Å². The van der Waals surface area contributed by atoms with E-state index in [0.717, 1.165) is 37.3 Å². The maximum absolute atomic E-state index is 13.8. The third-order valence-corrected chi connectivity index (χ3v) is 6.61. The van der Waals surface area contributed by atoms with Gasteiger partial charge in [0.05, 0.1) is 24.8 Å². The predicted molar refractivity (Wildman–Crippen MR) is 131 cm³/mol. The van der Waals surface area contributed by atoms with E-state index in [2.05, 4.69) is 9.80 Å². The summed E-state index contributed by atoms with van der Waals surface area (Å²) in [6.45, 7) is 6.07. The summed E-state index contributed by atoms with van der Waals surface area (Å²) < 4.78 is 1.73. The Morgan fingerprint density at radius 3 is 2.30 bits per heavy atom. The van der Waals surface area contributed by atoms with Crippen LogP contribution in [0, 0.1) is 6.92 Å². The van der Waals surface area contributed by atoms with Gasteiger partial charge in [-0.2, -0.15) is 0 Å². The van der Waals surface area contributed by atoms with Gasteiger partial charge >= 0.3 is 0 Å². The highest BCUT2D eigenvalue weighted by atomic mass is 35.5. The van der Waals surface area contributed by atoms with E-state index >= 15 is 0 Å². The van der Waals surface area contributed by atoms with Crippen molar-refractivity contribution in [2.24, 2.45) is 0 Å². The number of hydrogen-bond donors (Lipinski definition) is 2. The van der Waals surface area contributed by atoms with E-state index in [4.69, 9.17) is 11.6 Å². The van der Waals surface area contributed by atoms with Gasteiger partial charge in [0, 0.05) is 43.4 Å². The summed E-state index contributed by atoms with van der Waals surface area (Å²) in [6, 6.07) is 18.6. The minimum Gasteiger partial charge on any atom is -0.507 e. The Bertz CT molecular complexity index is 1120. The van der Waals surface area contributed by atoms with Crippen molar-refractivity contribution in [1.29, 1.82) is 0 Å². The molecule has 1 saturated heterocycles. The van der Waals surface area contributed by atoms with E-state index in [1.54, 1.807) is 10.6 Å². The van der Waals surface area contributed by atoms with Gasteiger partial charge in [-0.15, -0.1) is 0 Å². The molecule has 0 radical (unpaired) electrons. The van der Waals surface area contributed by atoms with Crippen LogP contribution in [-0.2, 0) is 6.54 Å². The molecule has 1 fully saturated rings. The van der Waals surface area contributed by atoms with Crippen LogP contribution in [0.4, 0.5) is 0 Å². The zero-order valence-electron chi connectivity index (χ0n) is 18.8. The first-order chi connectivity index (χ1) is 16.0. The second-order valence-electron chi connectivity index (χ2n) is 8.52. The normalized spacial score (nSPS) is 16.1. The molecular formula is C26H30ClN3O3. The maximum Gasteiger partial charge on any atom is 0.259 e. The number of hydrogen-bond acceptors (Lipinski definition) is 5. The Hall–Kier alpha value is -2.64. The number of rotatable bonds is 7. The molecule has 3 aromatic rings. The van der Waals surface area contributed by atoms with Crippen LogP contribution in [0.15, 0.2) is 65.5 Å². The summed E-state index contributed by atoms with van der Waals surface area (Å²) in [4.78, 5) is 18.3. The van der Waals surface area contributed by atoms with Crippen LogP contribution in [0.25, 0.3) is 0 Å². The zero-order chi connectivity index (χ0) is 23.4. The molecule has 2 aromatic carbocycles. The van der Waals surface area contributed by atoms with E-state index in [1.807, 2.05) is 61.5 Å². The number of nitrogens with zero attached hydrogens (tertiary/aromatic N) is 3. The van der Waals surface area contributed by atoms with Crippen molar-refractivity contribution in [3.05, 3.63) is 98.4 Å². The summed E-state index contributed by atoms with van der Waals surface area (Å²) in [5.74, 6) is 0.0135. The quantitative estimate of drug-likeness (QED) is 0.558. The van der Waals surface area contributed by atoms with Crippen molar-refractivity contribution >= 4 is 11.6 Å². The third-order valence-electron chi connectivity index (χ3n) is 6.35. The fourth-order valence-corrected chi connectivity index (χ4v) is 4.71. The van der Waals surface area contributed by atoms with Crippen molar-refractivity contribution in [1.82, 2.24) is 14.4 Å². The molecular weight excluding hydrogens is 438 g/mol. The lowest BCUT2D eigenvalue weighted by Crippen LogP contribution is -2.49. The lowest BCUT2D eigenvalue weighted by atomic mass is 9.96. The maximum atomic E-state index is 13.8. The highest BCUT2D eigenvalue weighted by Crippen LogP contribution is 2.34. The molecule has 0 bridgehead atoms. The minimum absolute atomic E-state index is 0.0135. The second-order valence-corrected chi connectivity index (χ2v) is 8.95. The lowest BCUT2D eigenvalue weighted by Gasteiger charge is -2.39. The van der Waals surface area contributed by atoms with Gasteiger partial charge < -0.3 is 14.8 Å². The molecule has 0 aliphatic carbocycles. The molecule has 0 saturated carbocycles. The van der Waals surface area contributed by atoms with Crippen molar-refractivity contribution in [2.75, 3.05) is 39.3 Å². The monoisotopic (exact) mass is 467 g/mol. The van der Waals surface area contributed by atoms with Gasteiger partial charge in [-0.05, 0) is 36.2 Å². The van der Waals surface area contributed by atoms with Crippen LogP contribution in [0.3, 0.4) is 0 Å². The number of aliphatic hydroxyl groups excluding tert-OH is 1. The molecule has 2 heterocycles. The number of pyridine rings is 1. The van der Waals surface area contributed by atoms with Gasteiger partial charge in [0.2, 0.25) is 0 Å². The van der Waals surface area contributed by atoms with Crippen molar-refractivity contribution in [3.8, 4) is 5.75 Å². The first-order valence-electron chi connectivity index (χ1n) is 11.3. The molecule has 1 aromatic heterocycles. The molecule has 4 rings (SSSR count). The SMILES string of the molecule is Cc1cc(O)c([C@H](c2ccc(Cl)cc2)N2CCN(CCO)CC2)c(=O)n1Cc1ccccc1. The largest absolute Gasteiger partial charge is 0.507 e. The van der Waals surface area contributed by atoms with E-state index in [1.165, 1.54) is 0 Å². The molecule has 1 aliphatic rings. The molecule has 174 valence electrons. The summed E-state index contributed by atoms with van der Waals surface area (Å²) in [5.41, 5.74) is 2.86. The number of β-amino-alcohol motifs (C(OH)–C–C–N with tert-alkyl or cyclic N) is 1. The van der Waals surface area contributed by atoms with E-state index in [-0.39, 0.29) is 17.9 Å². The van der Waals surface area contributed by atoms with E-state index in [0.29, 0.717) is 29.4 Å². The average molecular weight is 468 g/mol. The minimum atomic E-state index is -0.395. The number of aryl methyl sites for hydroxylation is 1. The number of aromatic nitrogens is 1. The molecule has 2 N–H and O–H groups in total. The van der Waals surface area contributed by atoms with Crippen molar-refractivity contribution in [2.45, 2.75) is 19.5 Å². The topological polar surface area (TPSA) is 68.9 Å². The van der Waals surface area contributed by atoms with E-state index < -0.39 is 6.04 Å². The highest BCUT2D eigenvalue weighted by Gasteiger charge is 2.31. The molecule has 0 amide bonds. The fourth-order valence-electron chi connectivity index (χ4n) is 4.58. The van der Waals surface area contributed by atoms with Crippen molar-refractivity contribution in [3.63, 3.8) is 0 Å².